The van der Waals surface area contributed by atoms with Gasteiger partial charge < -0.3 is 15.7 Å². The Morgan fingerprint density at radius 2 is 2.38 bits per heavy atom. The van der Waals surface area contributed by atoms with Crippen molar-refractivity contribution in [2.24, 2.45) is 0 Å². The van der Waals surface area contributed by atoms with E-state index in [2.05, 4.69) is 9.97 Å². The molecule has 0 atom stereocenters. The summed E-state index contributed by atoms with van der Waals surface area (Å²) >= 11 is 0. The van der Waals surface area contributed by atoms with Crippen LogP contribution in [0.15, 0.2) is 11.1 Å². The van der Waals surface area contributed by atoms with Crippen LogP contribution in [0.3, 0.4) is 0 Å². The largest absolute Gasteiger partial charge is 0.427 e. The van der Waals surface area contributed by atoms with Crippen LogP contribution in [0.1, 0.15) is 6.92 Å². The van der Waals surface area contributed by atoms with Crippen LogP contribution >= 0.6 is 0 Å². The smallest absolute Gasteiger partial charge is 0.286 e. The predicted octanol–water partition coefficient (Wildman–Crippen LogP) is -0.594. The van der Waals surface area contributed by atoms with Gasteiger partial charge in [0.2, 0.25) is 5.95 Å². The van der Waals surface area contributed by atoms with Crippen molar-refractivity contribution in [1.82, 2.24) is 19.3 Å². The van der Waals surface area contributed by atoms with Crippen LogP contribution in [0.25, 0.3) is 11.2 Å². The number of nitrogens with zero attached hydrogens (tertiary/aromatic N) is 4. The fourth-order valence-electron chi connectivity index (χ4n) is 1.31. The summed E-state index contributed by atoms with van der Waals surface area (Å²) in [5.74, 6) is 0.00431. The van der Waals surface area contributed by atoms with Crippen molar-refractivity contribution in [2.45, 2.75) is 13.7 Å². The van der Waals surface area contributed by atoms with E-state index in [1.54, 1.807) is 6.92 Å². The van der Waals surface area contributed by atoms with Crippen molar-refractivity contribution in [3.63, 3.8) is 0 Å². The molecular weight excluding hydrogens is 214 g/mol. The van der Waals surface area contributed by atoms with Crippen molar-refractivity contribution in [2.75, 3.05) is 12.3 Å². The van der Waals surface area contributed by atoms with Gasteiger partial charge in [-0.05, 0) is 6.92 Å². The Bertz CT molecular complexity index is 573. The van der Waals surface area contributed by atoms with Gasteiger partial charge in [-0.1, -0.05) is 0 Å². The highest BCUT2D eigenvalue weighted by Crippen LogP contribution is 2.06. The van der Waals surface area contributed by atoms with Crippen molar-refractivity contribution < 1.29 is 9.94 Å². The number of hydrogen-bond donors (Lipinski definition) is 2. The van der Waals surface area contributed by atoms with Gasteiger partial charge in [-0.2, -0.15) is 9.71 Å². The molecule has 0 spiro atoms. The number of imidazole rings is 1. The Balaban J connectivity index is 2.64. The number of nitrogens with two attached hydrogens (primary N) is 1. The minimum atomic E-state index is -0.490. The highest BCUT2D eigenvalue weighted by molar-refractivity contribution is 5.70. The fourth-order valence-corrected chi connectivity index (χ4v) is 1.31. The molecular formula is C8H11N5O3. The van der Waals surface area contributed by atoms with Gasteiger partial charge in [-0.15, -0.1) is 0 Å². The third kappa shape index (κ3) is 1.48. The predicted molar refractivity (Wildman–Crippen MR) is 55.0 cm³/mol. The molecule has 16 heavy (non-hydrogen) atoms. The third-order valence-electron chi connectivity index (χ3n) is 2.10. The molecule has 8 nitrogen and oxygen atoms in total. The molecule has 0 fully saturated rings. The molecule has 0 saturated carbocycles. The number of fused-ring (bicyclic) bond motifs is 1. The average Bonchev–Trinajstić information content (AvgIpc) is 2.60. The summed E-state index contributed by atoms with van der Waals surface area (Å²) in [7, 11) is 0. The summed E-state index contributed by atoms with van der Waals surface area (Å²) in [6.07, 6.45) is 1.09. The second kappa shape index (κ2) is 3.81. The Kier molecular flexibility index (Phi) is 2.49. The highest BCUT2D eigenvalue weighted by Gasteiger charge is 2.13. The van der Waals surface area contributed by atoms with Gasteiger partial charge in [0.05, 0.1) is 0 Å². The first-order valence-corrected chi connectivity index (χ1v) is 4.65. The number of anilines is 1. The summed E-state index contributed by atoms with van der Waals surface area (Å²) in [6, 6.07) is 0. The zero-order valence-corrected chi connectivity index (χ0v) is 8.62. The monoisotopic (exact) mass is 225 g/mol. The van der Waals surface area contributed by atoms with Crippen LogP contribution in [0, 0.1) is 0 Å². The minimum Gasteiger partial charge on any atom is -0.427 e. The summed E-state index contributed by atoms with van der Waals surface area (Å²) < 4.78 is 6.82. The summed E-state index contributed by atoms with van der Waals surface area (Å²) in [6.45, 7) is 2.24. The SMILES string of the molecule is CCOCn1c(N)nc2ncn(O)c2c1=O. The van der Waals surface area contributed by atoms with Crippen molar-refractivity contribution in [3.05, 3.63) is 16.7 Å². The number of hydrogen-bond acceptors (Lipinski definition) is 6. The lowest BCUT2D eigenvalue weighted by Crippen LogP contribution is -2.26. The van der Waals surface area contributed by atoms with Gasteiger partial charge in [0, 0.05) is 6.61 Å². The summed E-state index contributed by atoms with van der Waals surface area (Å²) in [4.78, 5) is 19.5. The number of aromatic nitrogens is 4. The van der Waals surface area contributed by atoms with Crippen molar-refractivity contribution in [3.8, 4) is 0 Å². The van der Waals surface area contributed by atoms with E-state index in [-0.39, 0.29) is 23.8 Å². The third-order valence-corrected chi connectivity index (χ3v) is 2.10. The van der Waals surface area contributed by atoms with E-state index < -0.39 is 5.56 Å². The summed E-state index contributed by atoms with van der Waals surface area (Å²) in [5.41, 5.74) is 5.18. The maximum absolute atomic E-state index is 11.9. The quantitative estimate of drug-likeness (QED) is 0.675. The zero-order valence-electron chi connectivity index (χ0n) is 8.62. The number of ether oxygens (including phenoxy) is 1. The van der Waals surface area contributed by atoms with E-state index in [1.165, 1.54) is 0 Å². The molecule has 0 aliphatic heterocycles. The lowest BCUT2D eigenvalue weighted by Gasteiger charge is -2.07. The first kappa shape index (κ1) is 10.4. The van der Waals surface area contributed by atoms with Crippen molar-refractivity contribution >= 4 is 17.1 Å². The first-order valence-electron chi connectivity index (χ1n) is 4.65. The van der Waals surface area contributed by atoms with Crippen LogP contribution in [-0.2, 0) is 11.5 Å². The molecule has 86 valence electrons. The molecule has 2 heterocycles. The molecule has 2 rings (SSSR count). The molecule has 0 aromatic carbocycles. The molecule has 8 heteroatoms. The maximum atomic E-state index is 11.9. The molecule has 0 aliphatic carbocycles. The van der Waals surface area contributed by atoms with Gasteiger partial charge in [-0.3, -0.25) is 9.36 Å². The minimum absolute atomic E-state index is 0.00431. The van der Waals surface area contributed by atoms with Crippen LogP contribution in [0.5, 0.6) is 0 Å². The number of nitrogen functional groups attached to an aromatic ring is 1. The second-order valence-electron chi connectivity index (χ2n) is 3.09. The van der Waals surface area contributed by atoms with Crippen LogP contribution in [0.2, 0.25) is 0 Å². The van der Waals surface area contributed by atoms with Gasteiger partial charge in [0.1, 0.15) is 13.1 Å². The van der Waals surface area contributed by atoms with E-state index in [1.807, 2.05) is 0 Å². The topological polar surface area (TPSA) is 108 Å². The average molecular weight is 225 g/mol. The van der Waals surface area contributed by atoms with Gasteiger partial charge in [0.15, 0.2) is 11.2 Å². The number of rotatable bonds is 3. The van der Waals surface area contributed by atoms with Crippen LogP contribution in [-0.4, -0.2) is 31.1 Å². The highest BCUT2D eigenvalue weighted by atomic mass is 16.5. The van der Waals surface area contributed by atoms with E-state index in [0.29, 0.717) is 11.3 Å². The molecule has 0 radical (unpaired) electrons. The van der Waals surface area contributed by atoms with E-state index >= 15 is 0 Å². The molecule has 0 aliphatic rings. The molecule has 0 unspecified atom stereocenters. The molecule has 0 bridgehead atoms. The van der Waals surface area contributed by atoms with E-state index in [0.717, 1.165) is 10.9 Å². The maximum Gasteiger partial charge on any atom is 0.286 e. The van der Waals surface area contributed by atoms with E-state index in [4.69, 9.17) is 10.5 Å². The molecule has 2 aromatic heterocycles. The first-order chi connectivity index (χ1) is 7.65. The van der Waals surface area contributed by atoms with Crippen LogP contribution < -0.4 is 11.3 Å². The van der Waals surface area contributed by atoms with Gasteiger partial charge >= 0.3 is 0 Å². The molecule has 2 aromatic rings. The normalized spacial score (nSPS) is 11.1. The van der Waals surface area contributed by atoms with Gasteiger partial charge in [-0.25, -0.2) is 4.98 Å². The van der Waals surface area contributed by atoms with E-state index in [9.17, 15) is 10.0 Å². The zero-order chi connectivity index (χ0) is 11.7. The Hall–Kier alpha value is -2.09. The summed E-state index contributed by atoms with van der Waals surface area (Å²) in [5, 5.41) is 9.35. The lowest BCUT2D eigenvalue weighted by molar-refractivity contribution is 0.0863. The standard InChI is InChI=1S/C8H11N5O3/c1-2-16-4-12-7(14)5-6(11-8(12)9)10-3-13(5)15/h3,15H,2,4H2,1H3,(H2,9,11). The molecule has 0 amide bonds. The van der Waals surface area contributed by atoms with Gasteiger partial charge in [0.25, 0.3) is 5.56 Å². The fraction of sp³-hybridized carbons (Fsp3) is 0.375. The van der Waals surface area contributed by atoms with Crippen LogP contribution in [0.4, 0.5) is 5.95 Å². The molecule has 0 saturated heterocycles. The Morgan fingerprint density at radius 1 is 1.62 bits per heavy atom. The van der Waals surface area contributed by atoms with Crippen molar-refractivity contribution in [1.29, 1.82) is 0 Å². The Labute approximate surface area is 89.9 Å². The Morgan fingerprint density at radius 3 is 3.06 bits per heavy atom. The second-order valence-corrected chi connectivity index (χ2v) is 3.09. The molecule has 3 N–H and O–H groups in total. The lowest BCUT2D eigenvalue weighted by atomic mass is 10.5.